The van der Waals surface area contributed by atoms with Crippen LogP contribution in [-0.4, -0.2) is 48.0 Å². The zero-order valence-corrected chi connectivity index (χ0v) is 17.0. The Kier molecular flexibility index (Phi) is 4.59. The van der Waals surface area contributed by atoms with Crippen molar-refractivity contribution >= 4 is 16.8 Å². The van der Waals surface area contributed by atoms with Crippen molar-refractivity contribution in [3.63, 3.8) is 0 Å². The predicted octanol–water partition coefficient (Wildman–Crippen LogP) is 2.63. The molecule has 0 spiro atoms. The number of benzene rings is 1. The molecular formula is C20H19F3N6O2. The topological polar surface area (TPSA) is 100.0 Å². The lowest BCUT2D eigenvalue weighted by Gasteiger charge is -2.36. The fourth-order valence-electron chi connectivity index (χ4n) is 3.94. The zero-order chi connectivity index (χ0) is 22.7. The van der Waals surface area contributed by atoms with Crippen molar-refractivity contribution in [1.82, 2.24) is 24.2 Å². The van der Waals surface area contributed by atoms with Crippen molar-refractivity contribution in [2.75, 3.05) is 6.54 Å². The highest BCUT2D eigenvalue weighted by Gasteiger charge is 2.55. The standard InChI is InChI=1S/C20H19F3N6O2/c1-11-9-28(10-13-8-25-18(29(11)13)19(2,31)20(21,22)23)17(30)16-14-5-4-12(7-24)6-15(14)27(3)26-16/h4-6,8,11,31H,9-10H2,1-3H3/t11-,19?/m0/s1. The summed E-state index contributed by atoms with van der Waals surface area (Å²) < 4.78 is 42.8. The summed E-state index contributed by atoms with van der Waals surface area (Å²) in [6, 6.07) is 6.39. The van der Waals surface area contributed by atoms with Crippen LogP contribution in [-0.2, 0) is 19.2 Å². The molecule has 0 saturated heterocycles. The van der Waals surface area contributed by atoms with Crippen molar-refractivity contribution in [3.05, 3.63) is 47.2 Å². The molecule has 31 heavy (non-hydrogen) atoms. The van der Waals surface area contributed by atoms with Crippen LogP contribution in [0, 0.1) is 11.3 Å². The molecule has 11 heteroatoms. The number of aliphatic hydroxyl groups is 1. The van der Waals surface area contributed by atoms with Gasteiger partial charge in [0.25, 0.3) is 5.91 Å². The molecule has 2 atom stereocenters. The number of carbonyl (C=O) groups excluding carboxylic acids is 1. The fourth-order valence-corrected chi connectivity index (χ4v) is 3.94. The minimum absolute atomic E-state index is 0.0262. The molecule has 1 amide bonds. The van der Waals surface area contributed by atoms with Gasteiger partial charge in [-0.05, 0) is 32.0 Å². The summed E-state index contributed by atoms with van der Waals surface area (Å²) in [6.45, 7) is 2.48. The molecule has 2 aromatic heterocycles. The Labute approximate surface area is 175 Å². The van der Waals surface area contributed by atoms with Crippen LogP contribution in [0.5, 0.6) is 0 Å². The van der Waals surface area contributed by atoms with E-state index in [4.69, 9.17) is 5.26 Å². The molecule has 3 heterocycles. The maximum absolute atomic E-state index is 13.3. The third-order valence-corrected chi connectivity index (χ3v) is 5.61. The Morgan fingerprint density at radius 3 is 2.71 bits per heavy atom. The second-order valence-corrected chi connectivity index (χ2v) is 7.86. The molecule has 0 aliphatic carbocycles. The molecule has 3 aromatic rings. The third kappa shape index (κ3) is 3.14. The van der Waals surface area contributed by atoms with E-state index >= 15 is 0 Å². The number of hydrogen-bond donors (Lipinski definition) is 1. The van der Waals surface area contributed by atoms with Gasteiger partial charge in [0, 0.05) is 19.0 Å². The van der Waals surface area contributed by atoms with E-state index in [2.05, 4.69) is 10.1 Å². The maximum atomic E-state index is 13.3. The van der Waals surface area contributed by atoms with E-state index in [-0.39, 0.29) is 24.7 Å². The molecule has 162 valence electrons. The third-order valence-electron chi connectivity index (χ3n) is 5.61. The van der Waals surface area contributed by atoms with E-state index < -0.39 is 23.6 Å². The summed E-state index contributed by atoms with van der Waals surface area (Å²) in [6.07, 6.45) is -3.64. The first-order valence-corrected chi connectivity index (χ1v) is 9.47. The minimum Gasteiger partial charge on any atom is -0.374 e. The molecule has 0 radical (unpaired) electrons. The summed E-state index contributed by atoms with van der Waals surface area (Å²) >= 11 is 0. The highest BCUT2D eigenvalue weighted by atomic mass is 19.4. The van der Waals surface area contributed by atoms with Gasteiger partial charge in [-0.3, -0.25) is 9.48 Å². The van der Waals surface area contributed by atoms with Crippen LogP contribution in [0.3, 0.4) is 0 Å². The van der Waals surface area contributed by atoms with E-state index in [1.54, 1.807) is 32.2 Å². The van der Waals surface area contributed by atoms with Crippen molar-refractivity contribution in [2.45, 2.75) is 38.2 Å². The van der Waals surface area contributed by atoms with Crippen LogP contribution >= 0.6 is 0 Å². The Balaban J connectivity index is 1.69. The van der Waals surface area contributed by atoms with Crippen LogP contribution in [0.1, 0.15) is 47.5 Å². The molecule has 1 aromatic carbocycles. The first-order valence-electron chi connectivity index (χ1n) is 9.47. The monoisotopic (exact) mass is 432 g/mol. The predicted molar refractivity (Wildman–Crippen MR) is 103 cm³/mol. The molecule has 0 bridgehead atoms. The van der Waals surface area contributed by atoms with Crippen LogP contribution < -0.4 is 0 Å². The SMILES string of the molecule is C[C@H]1CN(C(=O)c2nn(C)c3cc(C#N)ccc23)Cc2cnc(C(C)(O)C(F)(F)F)n21. The molecule has 1 aliphatic heterocycles. The number of nitriles is 1. The lowest BCUT2D eigenvalue weighted by atomic mass is 10.0. The largest absolute Gasteiger partial charge is 0.424 e. The Hall–Kier alpha value is -3.39. The average Bonchev–Trinajstić information content (AvgIpc) is 3.28. The van der Waals surface area contributed by atoms with Crippen LogP contribution in [0.25, 0.3) is 10.9 Å². The van der Waals surface area contributed by atoms with Gasteiger partial charge in [0.05, 0.1) is 41.6 Å². The van der Waals surface area contributed by atoms with Gasteiger partial charge in [-0.15, -0.1) is 0 Å². The van der Waals surface area contributed by atoms with Crippen molar-refractivity contribution in [3.8, 4) is 6.07 Å². The molecule has 1 unspecified atom stereocenters. The first kappa shape index (κ1) is 20.9. The smallest absolute Gasteiger partial charge is 0.374 e. The lowest BCUT2D eigenvalue weighted by molar-refractivity contribution is -0.263. The summed E-state index contributed by atoms with van der Waals surface area (Å²) in [7, 11) is 1.67. The van der Waals surface area contributed by atoms with Crippen LogP contribution in [0.15, 0.2) is 24.4 Å². The highest BCUT2D eigenvalue weighted by Crippen LogP contribution is 2.40. The fraction of sp³-hybridized carbons (Fsp3) is 0.400. The molecule has 4 rings (SSSR count). The van der Waals surface area contributed by atoms with E-state index in [1.165, 1.54) is 20.3 Å². The number of halogens is 3. The van der Waals surface area contributed by atoms with Crippen LogP contribution in [0.4, 0.5) is 13.2 Å². The lowest BCUT2D eigenvalue weighted by Crippen LogP contribution is -2.45. The number of amides is 1. The molecule has 1 N–H and O–H groups in total. The van der Waals surface area contributed by atoms with Gasteiger partial charge < -0.3 is 14.6 Å². The summed E-state index contributed by atoms with van der Waals surface area (Å²) in [5, 5.41) is 24.1. The van der Waals surface area contributed by atoms with Crippen molar-refractivity contribution in [2.24, 2.45) is 7.05 Å². The van der Waals surface area contributed by atoms with E-state index in [0.717, 1.165) is 0 Å². The zero-order valence-electron chi connectivity index (χ0n) is 17.0. The molecule has 0 fully saturated rings. The van der Waals surface area contributed by atoms with Gasteiger partial charge in [-0.1, -0.05) is 0 Å². The number of imidazole rings is 1. The first-order chi connectivity index (χ1) is 14.5. The van der Waals surface area contributed by atoms with E-state index in [9.17, 15) is 23.1 Å². The second kappa shape index (κ2) is 6.81. The number of rotatable bonds is 2. The minimum atomic E-state index is -4.89. The number of aryl methyl sites for hydroxylation is 1. The maximum Gasteiger partial charge on any atom is 0.424 e. The Morgan fingerprint density at radius 2 is 2.06 bits per heavy atom. The summed E-state index contributed by atoms with van der Waals surface area (Å²) in [5.41, 5.74) is -1.46. The van der Waals surface area contributed by atoms with Crippen LogP contribution in [0.2, 0.25) is 0 Å². The molecular weight excluding hydrogens is 413 g/mol. The molecule has 0 saturated carbocycles. The number of aromatic nitrogens is 4. The summed E-state index contributed by atoms with van der Waals surface area (Å²) in [5.74, 6) is -0.874. The number of nitrogens with zero attached hydrogens (tertiary/aromatic N) is 6. The highest BCUT2D eigenvalue weighted by molar-refractivity contribution is 6.05. The quantitative estimate of drug-likeness (QED) is 0.671. The molecule has 8 nitrogen and oxygen atoms in total. The number of fused-ring (bicyclic) bond motifs is 2. The van der Waals surface area contributed by atoms with E-state index in [0.29, 0.717) is 29.1 Å². The van der Waals surface area contributed by atoms with Crippen molar-refractivity contribution < 1.29 is 23.1 Å². The van der Waals surface area contributed by atoms with Crippen molar-refractivity contribution in [1.29, 1.82) is 5.26 Å². The molecule has 1 aliphatic rings. The number of hydrogen-bond acceptors (Lipinski definition) is 5. The second-order valence-electron chi connectivity index (χ2n) is 7.86. The normalized spacial score (nSPS) is 18.5. The van der Waals surface area contributed by atoms with Gasteiger partial charge in [0.2, 0.25) is 5.60 Å². The van der Waals surface area contributed by atoms with Gasteiger partial charge in [-0.2, -0.15) is 23.5 Å². The van der Waals surface area contributed by atoms with E-state index in [1.807, 2.05) is 6.07 Å². The summed E-state index contributed by atoms with van der Waals surface area (Å²) in [4.78, 5) is 18.6. The van der Waals surface area contributed by atoms with Gasteiger partial charge >= 0.3 is 6.18 Å². The van der Waals surface area contributed by atoms with Gasteiger partial charge in [-0.25, -0.2) is 4.98 Å². The average molecular weight is 432 g/mol. The Bertz CT molecular complexity index is 1230. The van der Waals surface area contributed by atoms with Gasteiger partial charge in [0.15, 0.2) is 11.5 Å². The number of carbonyl (C=O) groups is 1. The van der Waals surface area contributed by atoms with Gasteiger partial charge in [0.1, 0.15) is 0 Å². The number of alkyl halides is 3. The Morgan fingerprint density at radius 1 is 1.35 bits per heavy atom.